The molecular weight excluding hydrogens is 392 g/mol. The molecule has 2 N–H and O–H groups in total. The Morgan fingerprint density at radius 2 is 1.76 bits per heavy atom. The van der Waals surface area contributed by atoms with Crippen LogP contribution in [0.4, 0.5) is 14.6 Å². The molecule has 1 aromatic heterocycles. The molecule has 0 aliphatic carbocycles. The van der Waals surface area contributed by atoms with Crippen molar-refractivity contribution >= 4 is 23.6 Å². The summed E-state index contributed by atoms with van der Waals surface area (Å²) in [4.78, 5) is 47.8. The highest BCUT2D eigenvalue weighted by Gasteiger charge is 2.21. The van der Waals surface area contributed by atoms with Gasteiger partial charge in [-0.05, 0) is 23.8 Å². The number of rotatable bonds is 7. The number of hydrogen-bond acceptors (Lipinski definition) is 7. The van der Waals surface area contributed by atoms with Gasteiger partial charge in [0.25, 0.3) is 5.56 Å². The number of nitrogen functional groups attached to an aromatic ring is 1. The van der Waals surface area contributed by atoms with Gasteiger partial charge in [0, 0.05) is 20.2 Å². The molecule has 0 fully saturated rings. The number of hydrogen-bond donors (Lipinski definition) is 1. The van der Waals surface area contributed by atoms with Gasteiger partial charge in [-0.15, -0.1) is 0 Å². The largest absolute Gasteiger partial charge is 0.454 e. The molecule has 0 spiro atoms. The zero-order chi connectivity index (χ0) is 21.7. The lowest BCUT2D eigenvalue weighted by Crippen LogP contribution is -2.42. The normalized spacial score (nSPS) is 11.1. The molecule has 0 saturated heterocycles. The van der Waals surface area contributed by atoms with Gasteiger partial charge in [-0.1, -0.05) is 12.1 Å². The first-order chi connectivity index (χ1) is 13.6. The van der Waals surface area contributed by atoms with E-state index < -0.39 is 41.8 Å². The van der Waals surface area contributed by atoms with Gasteiger partial charge in [0.2, 0.25) is 5.78 Å². The molecule has 2 aromatic rings. The Balaban J connectivity index is 2.03. The van der Waals surface area contributed by atoms with Crippen LogP contribution in [0.1, 0.15) is 15.9 Å². The van der Waals surface area contributed by atoms with Crippen molar-refractivity contribution in [3.8, 4) is 5.75 Å². The molecule has 0 atom stereocenters. The lowest BCUT2D eigenvalue weighted by Gasteiger charge is -2.10. The van der Waals surface area contributed by atoms with Crippen molar-refractivity contribution < 1.29 is 27.8 Å². The Kier molecular flexibility index (Phi) is 6.65. The first-order valence-corrected chi connectivity index (χ1v) is 8.10. The van der Waals surface area contributed by atoms with Crippen molar-refractivity contribution in [1.82, 2.24) is 9.13 Å². The number of esters is 1. The zero-order valence-corrected chi connectivity index (χ0v) is 15.4. The third-order valence-corrected chi connectivity index (χ3v) is 3.85. The van der Waals surface area contributed by atoms with E-state index in [-0.39, 0.29) is 11.6 Å². The number of halogens is 2. The number of anilines is 1. The summed E-state index contributed by atoms with van der Waals surface area (Å²) in [6.45, 7) is -3.70. The van der Waals surface area contributed by atoms with Crippen molar-refractivity contribution in [1.29, 1.82) is 0 Å². The van der Waals surface area contributed by atoms with E-state index in [0.717, 1.165) is 10.6 Å². The van der Waals surface area contributed by atoms with Crippen LogP contribution in [-0.2, 0) is 23.6 Å². The van der Waals surface area contributed by atoms with Crippen LogP contribution >= 0.6 is 0 Å². The van der Waals surface area contributed by atoms with E-state index in [0.29, 0.717) is 10.1 Å². The summed E-state index contributed by atoms with van der Waals surface area (Å²) in [5, 5.41) is 0. The second-order valence-electron chi connectivity index (χ2n) is 5.78. The van der Waals surface area contributed by atoms with E-state index in [9.17, 15) is 28.0 Å². The van der Waals surface area contributed by atoms with E-state index in [1.54, 1.807) is 0 Å². The van der Waals surface area contributed by atoms with Crippen molar-refractivity contribution in [3.63, 3.8) is 0 Å². The second-order valence-corrected chi connectivity index (χ2v) is 5.78. The smallest absolute Gasteiger partial charge is 0.387 e. The molecular formula is C18H17F2N3O6. The van der Waals surface area contributed by atoms with E-state index in [1.165, 1.54) is 44.4 Å². The fraction of sp³-hybridized carbons (Fsp3) is 0.222. The second kappa shape index (κ2) is 8.95. The van der Waals surface area contributed by atoms with Crippen LogP contribution in [0.25, 0.3) is 6.08 Å². The third-order valence-electron chi connectivity index (χ3n) is 3.85. The Hall–Kier alpha value is -3.76. The van der Waals surface area contributed by atoms with Crippen LogP contribution < -0.4 is 21.7 Å². The molecule has 1 heterocycles. The fourth-order valence-corrected chi connectivity index (χ4v) is 2.30. The van der Waals surface area contributed by atoms with Crippen LogP contribution in [0.15, 0.2) is 39.9 Å². The van der Waals surface area contributed by atoms with Gasteiger partial charge in [-0.25, -0.2) is 9.59 Å². The van der Waals surface area contributed by atoms with Gasteiger partial charge >= 0.3 is 18.3 Å². The van der Waals surface area contributed by atoms with Crippen LogP contribution in [0.3, 0.4) is 0 Å². The molecule has 0 saturated carbocycles. The van der Waals surface area contributed by atoms with E-state index in [4.69, 9.17) is 10.5 Å². The van der Waals surface area contributed by atoms with Crippen LogP contribution in [-0.4, -0.2) is 34.1 Å². The number of Topliss-reactive ketones (excluding diaryl/α,β-unsaturated/α-hetero) is 1. The number of ketones is 1. The minimum absolute atomic E-state index is 0.0400. The maximum absolute atomic E-state index is 12.2. The molecule has 2 rings (SSSR count). The van der Waals surface area contributed by atoms with Gasteiger partial charge in [0.15, 0.2) is 6.61 Å². The molecule has 0 radical (unpaired) electrons. The average Bonchev–Trinajstić information content (AvgIpc) is 2.68. The molecule has 0 amide bonds. The van der Waals surface area contributed by atoms with E-state index in [2.05, 4.69) is 4.74 Å². The predicted octanol–water partition coefficient (Wildman–Crippen LogP) is 0.707. The number of alkyl halides is 2. The zero-order valence-electron chi connectivity index (χ0n) is 15.4. The van der Waals surface area contributed by atoms with Gasteiger partial charge in [0.1, 0.15) is 17.1 Å². The minimum Gasteiger partial charge on any atom is -0.454 e. The minimum atomic E-state index is -2.94. The van der Waals surface area contributed by atoms with Gasteiger partial charge in [0.05, 0.1) is 0 Å². The SMILES string of the molecule is Cn1c(N)c(C(=O)COC(=O)/C=C/c2ccc(OC(F)F)cc2)c(=O)n(C)c1=O. The van der Waals surface area contributed by atoms with Crippen molar-refractivity contribution in [2.45, 2.75) is 6.61 Å². The van der Waals surface area contributed by atoms with E-state index >= 15 is 0 Å². The first kappa shape index (κ1) is 21.5. The molecule has 0 aliphatic heterocycles. The Morgan fingerprint density at radius 3 is 2.34 bits per heavy atom. The molecule has 0 aliphatic rings. The van der Waals surface area contributed by atoms with Crippen molar-refractivity contribution in [2.24, 2.45) is 14.1 Å². The van der Waals surface area contributed by atoms with Crippen LogP contribution in [0, 0.1) is 0 Å². The fourth-order valence-electron chi connectivity index (χ4n) is 2.30. The summed E-state index contributed by atoms with van der Waals surface area (Å²) in [6.07, 6.45) is 2.34. The van der Waals surface area contributed by atoms with Gasteiger partial charge < -0.3 is 15.2 Å². The Labute approximate surface area is 162 Å². The maximum atomic E-state index is 12.2. The molecule has 11 heteroatoms. The number of carbonyl (C=O) groups excluding carboxylic acids is 2. The number of aromatic nitrogens is 2. The number of nitrogens with two attached hydrogens (primary N) is 1. The number of nitrogens with zero attached hydrogens (tertiary/aromatic N) is 2. The molecule has 154 valence electrons. The predicted molar refractivity (Wildman–Crippen MR) is 98.7 cm³/mol. The van der Waals surface area contributed by atoms with E-state index in [1.807, 2.05) is 0 Å². The van der Waals surface area contributed by atoms with Gasteiger partial charge in [-0.3, -0.25) is 18.7 Å². The molecule has 0 bridgehead atoms. The summed E-state index contributed by atoms with van der Waals surface area (Å²) < 4.78 is 34.8. The number of benzene rings is 1. The highest BCUT2D eigenvalue weighted by Crippen LogP contribution is 2.15. The number of carbonyl (C=O) groups is 2. The lowest BCUT2D eigenvalue weighted by molar-refractivity contribution is -0.136. The monoisotopic (exact) mass is 409 g/mol. The average molecular weight is 409 g/mol. The molecule has 9 nitrogen and oxygen atoms in total. The van der Waals surface area contributed by atoms with Crippen LogP contribution in [0.5, 0.6) is 5.75 Å². The Bertz CT molecular complexity index is 1070. The summed E-state index contributed by atoms with van der Waals surface area (Å²) in [6, 6.07) is 5.45. The summed E-state index contributed by atoms with van der Waals surface area (Å²) in [5.74, 6) is -2.12. The standard InChI is InChI=1S/C18H17F2N3O6/c1-22-15(21)14(16(26)23(2)18(22)27)12(24)9-28-13(25)8-5-10-3-6-11(7-4-10)29-17(19)20/h3-8,17H,9,21H2,1-2H3/b8-5+. The Morgan fingerprint density at radius 1 is 1.14 bits per heavy atom. The third kappa shape index (κ3) is 5.15. The molecule has 0 unspecified atom stereocenters. The summed E-state index contributed by atoms with van der Waals surface area (Å²) in [5.41, 5.74) is 4.09. The molecule has 29 heavy (non-hydrogen) atoms. The highest BCUT2D eigenvalue weighted by molar-refractivity contribution is 6.01. The van der Waals surface area contributed by atoms with Crippen molar-refractivity contribution in [2.75, 3.05) is 12.3 Å². The first-order valence-electron chi connectivity index (χ1n) is 8.10. The lowest BCUT2D eigenvalue weighted by atomic mass is 10.2. The van der Waals surface area contributed by atoms with Gasteiger partial charge in [-0.2, -0.15) is 8.78 Å². The van der Waals surface area contributed by atoms with Crippen molar-refractivity contribution in [3.05, 3.63) is 62.3 Å². The number of ether oxygens (including phenoxy) is 2. The topological polar surface area (TPSA) is 123 Å². The summed E-state index contributed by atoms with van der Waals surface area (Å²) in [7, 11) is 2.48. The highest BCUT2D eigenvalue weighted by atomic mass is 19.3. The quantitative estimate of drug-likeness (QED) is 0.406. The summed E-state index contributed by atoms with van der Waals surface area (Å²) >= 11 is 0. The maximum Gasteiger partial charge on any atom is 0.387 e. The van der Waals surface area contributed by atoms with Crippen LogP contribution in [0.2, 0.25) is 0 Å². The molecule has 1 aromatic carbocycles.